The van der Waals surface area contributed by atoms with Gasteiger partial charge in [-0.1, -0.05) is 16.8 Å². The molecule has 0 N–H and O–H groups in total. The first-order valence-electron chi connectivity index (χ1n) is 5.86. The minimum atomic E-state index is -0.124. The summed E-state index contributed by atoms with van der Waals surface area (Å²) in [5.41, 5.74) is 1.54. The molecule has 0 amide bonds. The highest BCUT2D eigenvalue weighted by atomic mass is 35.5. The molecule has 0 fully saturated rings. The Kier molecular flexibility index (Phi) is 4.42. The van der Waals surface area contributed by atoms with E-state index >= 15 is 0 Å². The van der Waals surface area contributed by atoms with Crippen molar-refractivity contribution in [2.75, 3.05) is 14.2 Å². The molecule has 1 aliphatic rings. The van der Waals surface area contributed by atoms with Gasteiger partial charge in [-0.15, -0.1) is 11.6 Å². The lowest BCUT2D eigenvalue weighted by molar-refractivity contribution is 0.0855. The second-order valence-electron chi connectivity index (χ2n) is 4.23. The molecule has 0 saturated heterocycles. The summed E-state index contributed by atoms with van der Waals surface area (Å²) in [6.45, 7) is 1.88. The minimum Gasteiger partial charge on any atom is -0.493 e. The summed E-state index contributed by atoms with van der Waals surface area (Å²) < 4.78 is 10.5. The summed E-state index contributed by atoms with van der Waals surface area (Å²) in [5.74, 6) is 1.07. The molecule has 0 aromatic heterocycles. The Bertz CT molecular complexity index is 503. The minimum absolute atomic E-state index is 0.111. The number of rotatable bonds is 4. The van der Waals surface area contributed by atoms with Crippen molar-refractivity contribution in [1.82, 2.24) is 0 Å². The van der Waals surface area contributed by atoms with E-state index in [0.29, 0.717) is 22.9 Å². The highest BCUT2D eigenvalue weighted by Gasteiger charge is 2.28. The average molecular weight is 304 g/mol. The number of halogens is 2. The highest BCUT2D eigenvalue weighted by molar-refractivity contribution is 6.36. The molecular formula is C13H15Cl2NO3. The number of nitrogens with zero attached hydrogens (tertiary/aromatic N) is 1. The Morgan fingerprint density at radius 2 is 2.11 bits per heavy atom. The predicted molar refractivity (Wildman–Crippen MR) is 75.9 cm³/mol. The van der Waals surface area contributed by atoms with Crippen LogP contribution in [0.2, 0.25) is 5.02 Å². The molecule has 1 aliphatic heterocycles. The third-order valence-electron chi connectivity index (χ3n) is 3.00. The van der Waals surface area contributed by atoms with Crippen LogP contribution in [0.5, 0.6) is 11.5 Å². The lowest BCUT2D eigenvalue weighted by atomic mass is 10.0. The van der Waals surface area contributed by atoms with Crippen LogP contribution < -0.4 is 9.47 Å². The van der Waals surface area contributed by atoms with Gasteiger partial charge in [-0.05, 0) is 19.1 Å². The number of ether oxygens (including phenoxy) is 2. The standard InChI is InChI=1S/C13H15Cl2NO3/c1-7(14)11-6-9(16-19-11)8-4-5-10(17-2)13(18-3)12(8)15/h4-5,7,11H,6H2,1-3H3. The van der Waals surface area contributed by atoms with E-state index in [9.17, 15) is 0 Å². The van der Waals surface area contributed by atoms with Crippen molar-refractivity contribution in [3.63, 3.8) is 0 Å². The third kappa shape index (κ3) is 2.74. The van der Waals surface area contributed by atoms with Gasteiger partial charge in [0.2, 0.25) is 0 Å². The van der Waals surface area contributed by atoms with Crippen molar-refractivity contribution in [3.8, 4) is 11.5 Å². The van der Waals surface area contributed by atoms with Crippen LogP contribution in [0.1, 0.15) is 18.9 Å². The lowest BCUT2D eigenvalue weighted by Crippen LogP contribution is -2.18. The first kappa shape index (κ1) is 14.3. The van der Waals surface area contributed by atoms with E-state index in [0.717, 1.165) is 11.3 Å². The van der Waals surface area contributed by atoms with Crippen LogP contribution in [0, 0.1) is 0 Å². The van der Waals surface area contributed by atoms with E-state index in [1.807, 2.05) is 13.0 Å². The van der Waals surface area contributed by atoms with Gasteiger partial charge in [0.25, 0.3) is 0 Å². The molecule has 1 aromatic carbocycles. The van der Waals surface area contributed by atoms with Gasteiger partial charge in [0, 0.05) is 12.0 Å². The van der Waals surface area contributed by atoms with Crippen LogP contribution >= 0.6 is 23.2 Å². The second kappa shape index (κ2) is 5.88. The summed E-state index contributed by atoms with van der Waals surface area (Å²) in [4.78, 5) is 5.29. The van der Waals surface area contributed by atoms with Gasteiger partial charge in [0.05, 0.1) is 30.3 Å². The normalized spacial score (nSPS) is 19.6. The summed E-state index contributed by atoms with van der Waals surface area (Å²) in [6, 6.07) is 3.63. The van der Waals surface area contributed by atoms with Crippen molar-refractivity contribution in [3.05, 3.63) is 22.7 Å². The van der Waals surface area contributed by atoms with Crippen LogP contribution in [0.4, 0.5) is 0 Å². The molecule has 6 heteroatoms. The maximum absolute atomic E-state index is 6.33. The van der Waals surface area contributed by atoms with Crippen molar-refractivity contribution < 1.29 is 14.3 Å². The molecule has 2 rings (SSSR count). The molecule has 1 heterocycles. The number of alkyl halides is 1. The lowest BCUT2D eigenvalue weighted by Gasteiger charge is -2.12. The Morgan fingerprint density at radius 1 is 1.37 bits per heavy atom. The number of oxime groups is 1. The highest BCUT2D eigenvalue weighted by Crippen LogP contribution is 2.38. The molecule has 19 heavy (non-hydrogen) atoms. The molecule has 0 spiro atoms. The molecular weight excluding hydrogens is 289 g/mol. The molecule has 0 bridgehead atoms. The first-order valence-corrected chi connectivity index (χ1v) is 6.67. The maximum atomic E-state index is 6.33. The van der Waals surface area contributed by atoms with E-state index < -0.39 is 0 Å². The van der Waals surface area contributed by atoms with Gasteiger partial charge in [0.15, 0.2) is 11.5 Å². The summed E-state index contributed by atoms with van der Waals surface area (Å²) in [5, 5.41) is 4.41. The Labute approximate surface area is 122 Å². The smallest absolute Gasteiger partial charge is 0.180 e. The zero-order valence-electron chi connectivity index (χ0n) is 10.9. The van der Waals surface area contributed by atoms with Crippen molar-refractivity contribution in [2.24, 2.45) is 5.16 Å². The van der Waals surface area contributed by atoms with Gasteiger partial charge in [-0.25, -0.2) is 0 Å². The fourth-order valence-electron chi connectivity index (χ4n) is 1.91. The largest absolute Gasteiger partial charge is 0.493 e. The molecule has 0 aliphatic carbocycles. The average Bonchev–Trinajstić information content (AvgIpc) is 2.87. The van der Waals surface area contributed by atoms with E-state index in [4.69, 9.17) is 37.5 Å². The van der Waals surface area contributed by atoms with Crippen molar-refractivity contribution in [1.29, 1.82) is 0 Å². The first-order chi connectivity index (χ1) is 9.08. The Balaban J connectivity index is 2.32. The summed E-state index contributed by atoms with van der Waals surface area (Å²) in [6.07, 6.45) is 0.501. The molecule has 4 nitrogen and oxygen atoms in total. The van der Waals surface area contributed by atoms with E-state index in [1.54, 1.807) is 20.3 Å². The molecule has 0 radical (unpaired) electrons. The van der Waals surface area contributed by atoms with E-state index in [2.05, 4.69) is 5.16 Å². The molecule has 1 aromatic rings. The second-order valence-corrected chi connectivity index (χ2v) is 5.29. The number of hydrogen-bond donors (Lipinski definition) is 0. The quantitative estimate of drug-likeness (QED) is 0.800. The SMILES string of the molecule is COc1ccc(C2=NOC(C(C)Cl)C2)c(Cl)c1OC. The molecule has 2 unspecified atom stereocenters. The van der Waals surface area contributed by atoms with Crippen molar-refractivity contribution in [2.45, 2.75) is 24.8 Å². The van der Waals surface area contributed by atoms with Crippen LogP contribution in [-0.4, -0.2) is 31.4 Å². The van der Waals surface area contributed by atoms with Gasteiger partial charge in [-0.3, -0.25) is 0 Å². The van der Waals surface area contributed by atoms with E-state index in [1.165, 1.54) is 0 Å². The zero-order valence-corrected chi connectivity index (χ0v) is 12.5. The number of hydrogen-bond acceptors (Lipinski definition) is 4. The van der Waals surface area contributed by atoms with Crippen molar-refractivity contribution >= 4 is 28.9 Å². The monoisotopic (exact) mass is 303 g/mol. The third-order valence-corrected chi connectivity index (χ3v) is 3.66. The van der Waals surface area contributed by atoms with Crippen LogP contribution in [0.25, 0.3) is 0 Å². The van der Waals surface area contributed by atoms with Crippen LogP contribution in [0.15, 0.2) is 17.3 Å². The molecule has 104 valence electrons. The fourth-order valence-corrected chi connectivity index (χ4v) is 2.39. The number of benzene rings is 1. The van der Waals surface area contributed by atoms with E-state index in [-0.39, 0.29) is 11.5 Å². The summed E-state index contributed by atoms with van der Waals surface area (Å²) >= 11 is 12.3. The van der Waals surface area contributed by atoms with Gasteiger partial charge < -0.3 is 14.3 Å². The fraction of sp³-hybridized carbons (Fsp3) is 0.462. The van der Waals surface area contributed by atoms with Gasteiger partial charge in [0.1, 0.15) is 6.10 Å². The van der Waals surface area contributed by atoms with Crippen LogP contribution in [-0.2, 0) is 4.84 Å². The Hall–Kier alpha value is -1.13. The Morgan fingerprint density at radius 3 is 2.63 bits per heavy atom. The maximum Gasteiger partial charge on any atom is 0.180 e. The summed E-state index contributed by atoms with van der Waals surface area (Å²) in [7, 11) is 3.11. The van der Waals surface area contributed by atoms with Gasteiger partial charge >= 0.3 is 0 Å². The zero-order chi connectivity index (χ0) is 14.0. The molecule has 2 atom stereocenters. The van der Waals surface area contributed by atoms with Gasteiger partial charge in [-0.2, -0.15) is 0 Å². The predicted octanol–water partition coefficient (Wildman–Crippen LogP) is 3.48. The topological polar surface area (TPSA) is 40.0 Å². The van der Waals surface area contributed by atoms with Crippen LogP contribution in [0.3, 0.4) is 0 Å². The molecule has 0 saturated carbocycles. The number of methoxy groups -OCH3 is 2.